The van der Waals surface area contributed by atoms with Crippen LogP contribution in [0.5, 0.6) is 0 Å². The fourth-order valence-electron chi connectivity index (χ4n) is 3.00. The third-order valence-electron chi connectivity index (χ3n) is 4.24. The fourth-order valence-corrected chi connectivity index (χ4v) is 3.00. The van der Waals surface area contributed by atoms with Crippen LogP contribution in [0, 0.1) is 11.8 Å². The van der Waals surface area contributed by atoms with Gasteiger partial charge in [0.25, 0.3) is 0 Å². The highest BCUT2D eigenvalue weighted by Gasteiger charge is 2.24. The highest BCUT2D eigenvalue weighted by Crippen LogP contribution is 2.28. The van der Waals surface area contributed by atoms with Gasteiger partial charge in [-0.2, -0.15) is 0 Å². The molecule has 1 amide bonds. The molecule has 0 aromatic heterocycles. The Balaban J connectivity index is 1.86. The van der Waals surface area contributed by atoms with Crippen molar-refractivity contribution in [2.24, 2.45) is 17.6 Å². The fraction of sp³-hybridized carbons (Fsp3) is 0.562. The van der Waals surface area contributed by atoms with Crippen LogP contribution in [-0.4, -0.2) is 11.9 Å². The molecule has 3 N–H and O–H groups in total. The number of hydrogen-bond acceptors (Lipinski definition) is 2. The van der Waals surface area contributed by atoms with Crippen molar-refractivity contribution in [3.63, 3.8) is 0 Å². The lowest BCUT2D eigenvalue weighted by molar-refractivity contribution is 0.100. The van der Waals surface area contributed by atoms with E-state index < -0.39 is 0 Å². The van der Waals surface area contributed by atoms with Gasteiger partial charge in [0.1, 0.15) is 0 Å². The molecule has 3 atom stereocenters. The van der Waals surface area contributed by atoms with E-state index in [0.29, 0.717) is 11.6 Å². The van der Waals surface area contributed by atoms with Gasteiger partial charge in [-0.1, -0.05) is 26.0 Å². The Hall–Kier alpha value is -1.35. The minimum Gasteiger partial charge on any atom is -0.366 e. The molecule has 1 aliphatic rings. The van der Waals surface area contributed by atoms with E-state index in [1.54, 1.807) is 12.1 Å². The van der Waals surface area contributed by atoms with E-state index >= 15 is 0 Å². The lowest BCUT2D eigenvalue weighted by atomic mass is 9.80. The summed E-state index contributed by atoms with van der Waals surface area (Å²) in [5.41, 5.74) is 7.01. The molecule has 1 aromatic rings. The van der Waals surface area contributed by atoms with Crippen molar-refractivity contribution in [1.29, 1.82) is 0 Å². The molecule has 1 aliphatic carbocycles. The van der Waals surface area contributed by atoms with E-state index in [1.165, 1.54) is 24.8 Å². The van der Waals surface area contributed by atoms with Gasteiger partial charge in [0.05, 0.1) is 0 Å². The molecule has 104 valence electrons. The van der Waals surface area contributed by atoms with Gasteiger partial charge in [0.15, 0.2) is 0 Å². The summed E-state index contributed by atoms with van der Waals surface area (Å²) < 4.78 is 0. The van der Waals surface area contributed by atoms with Crippen LogP contribution in [0.15, 0.2) is 24.3 Å². The summed E-state index contributed by atoms with van der Waals surface area (Å²) >= 11 is 0. The molecule has 3 unspecified atom stereocenters. The number of hydrogen-bond donors (Lipinski definition) is 2. The molecule has 1 saturated carbocycles. The molecule has 3 nitrogen and oxygen atoms in total. The van der Waals surface area contributed by atoms with Gasteiger partial charge in [-0.15, -0.1) is 0 Å². The van der Waals surface area contributed by atoms with Crippen molar-refractivity contribution in [2.45, 2.75) is 45.7 Å². The number of rotatable bonds is 4. The number of carbonyl (C=O) groups excluding carboxylic acids is 1. The zero-order chi connectivity index (χ0) is 13.8. The minimum absolute atomic E-state index is 0.366. The standard InChI is InChI=1S/C16H24N2O/c1-11-3-8-15(12(2)9-11)18-10-13-4-6-14(7-5-13)16(17)19/h4-7,11-12,15,18H,3,8-10H2,1-2H3,(H2,17,19). The third kappa shape index (κ3) is 3.80. The Morgan fingerprint density at radius 3 is 2.53 bits per heavy atom. The molecule has 2 rings (SSSR count). The van der Waals surface area contributed by atoms with Crippen molar-refractivity contribution in [1.82, 2.24) is 5.32 Å². The Morgan fingerprint density at radius 2 is 1.95 bits per heavy atom. The summed E-state index contributed by atoms with van der Waals surface area (Å²) in [6.45, 7) is 5.54. The summed E-state index contributed by atoms with van der Waals surface area (Å²) in [4.78, 5) is 11.0. The Labute approximate surface area is 115 Å². The smallest absolute Gasteiger partial charge is 0.248 e. The first-order valence-electron chi connectivity index (χ1n) is 7.18. The van der Waals surface area contributed by atoms with Gasteiger partial charge >= 0.3 is 0 Å². The second kappa shape index (κ2) is 6.20. The molecule has 0 spiro atoms. The van der Waals surface area contributed by atoms with Gasteiger partial charge in [0, 0.05) is 18.2 Å². The predicted molar refractivity (Wildman–Crippen MR) is 77.8 cm³/mol. The SMILES string of the molecule is CC1CCC(NCc2ccc(C(N)=O)cc2)C(C)C1. The molecule has 0 bridgehead atoms. The van der Waals surface area contributed by atoms with E-state index in [2.05, 4.69) is 19.2 Å². The molecule has 1 fully saturated rings. The lowest BCUT2D eigenvalue weighted by Gasteiger charge is -2.33. The maximum Gasteiger partial charge on any atom is 0.248 e. The molecule has 0 heterocycles. The third-order valence-corrected chi connectivity index (χ3v) is 4.24. The van der Waals surface area contributed by atoms with E-state index in [-0.39, 0.29) is 5.91 Å². The van der Waals surface area contributed by atoms with E-state index in [9.17, 15) is 4.79 Å². The van der Waals surface area contributed by atoms with Crippen LogP contribution in [0.2, 0.25) is 0 Å². The van der Waals surface area contributed by atoms with Gasteiger partial charge < -0.3 is 11.1 Å². The zero-order valence-corrected chi connectivity index (χ0v) is 11.9. The van der Waals surface area contributed by atoms with Crippen molar-refractivity contribution in [3.05, 3.63) is 35.4 Å². The molecular formula is C16H24N2O. The number of nitrogens with two attached hydrogens (primary N) is 1. The summed E-state index contributed by atoms with van der Waals surface area (Å²) in [5, 5.41) is 3.64. The average molecular weight is 260 g/mol. The van der Waals surface area contributed by atoms with Gasteiger partial charge in [0.2, 0.25) is 5.91 Å². The van der Waals surface area contributed by atoms with Gasteiger partial charge in [-0.05, 0) is 48.8 Å². The quantitative estimate of drug-likeness (QED) is 0.874. The largest absolute Gasteiger partial charge is 0.366 e. The molecule has 0 saturated heterocycles. The van der Waals surface area contributed by atoms with Crippen molar-refractivity contribution in [2.75, 3.05) is 0 Å². The second-order valence-corrected chi connectivity index (χ2v) is 5.94. The number of nitrogens with one attached hydrogen (secondary N) is 1. The van der Waals surface area contributed by atoms with Crippen molar-refractivity contribution < 1.29 is 4.79 Å². The van der Waals surface area contributed by atoms with E-state index in [0.717, 1.165) is 18.4 Å². The van der Waals surface area contributed by atoms with Crippen LogP contribution in [0.1, 0.15) is 49.0 Å². The molecule has 0 radical (unpaired) electrons. The first kappa shape index (κ1) is 14.1. The maximum atomic E-state index is 11.0. The number of primary amides is 1. The lowest BCUT2D eigenvalue weighted by Crippen LogP contribution is -2.38. The van der Waals surface area contributed by atoms with Crippen LogP contribution in [0.4, 0.5) is 0 Å². The summed E-state index contributed by atoms with van der Waals surface area (Å²) in [6.07, 6.45) is 3.91. The molecule has 3 heteroatoms. The van der Waals surface area contributed by atoms with Crippen LogP contribution < -0.4 is 11.1 Å². The molecule has 19 heavy (non-hydrogen) atoms. The predicted octanol–water partition coefficient (Wildman–Crippen LogP) is 2.70. The van der Waals surface area contributed by atoms with Gasteiger partial charge in [-0.3, -0.25) is 4.79 Å². The zero-order valence-electron chi connectivity index (χ0n) is 11.9. The monoisotopic (exact) mass is 260 g/mol. The minimum atomic E-state index is -0.366. The van der Waals surface area contributed by atoms with Crippen LogP contribution in [0.3, 0.4) is 0 Å². The van der Waals surface area contributed by atoms with Crippen LogP contribution in [-0.2, 0) is 6.54 Å². The van der Waals surface area contributed by atoms with Crippen molar-refractivity contribution >= 4 is 5.91 Å². The Morgan fingerprint density at radius 1 is 1.26 bits per heavy atom. The number of amides is 1. The van der Waals surface area contributed by atoms with E-state index in [1.807, 2.05) is 12.1 Å². The Bertz CT molecular complexity index is 427. The van der Waals surface area contributed by atoms with Crippen molar-refractivity contribution in [3.8, 4) is 0 Å². The summed E-state index contributed by atoms with van der Waals surface area (Å²) in [5.74, 6) is 1.24. The average Bonchev–Trinajstić information content (AvgIpc) is 2.38. The van der Waals surface area contributed by atoms with Gasteiger partial charge in [-0.25, -0.2) is 0 Å². The van der Waals surface area contributed by atoms with Crippen LogP contribution in [0.25, 0.3) is 0 Å². The summed E-state index contributed by atoms with van der Waals surface area (Å²) in [6, 6.07) is 8.16. The Kier molecular flexibility index (Phi) is 4.59. The van der Waals surface area contributed by atoms with Crippen LogP contribution >= 0.6 is 0 Å². The first-order valence-corrected chi connectivity index (χ1v) is 7.18. The topological polar surface area (TPSA) is 55.1 Å². The first-order chi connectivity index (χ1) is 9.06. The number of carbonyl (C=O) groups is 1. The summed E-state index contributed by atoms with van der Waals surface area (Å²) in [7, 11) is 0. The molecular weight excluding hydrogens is 236 g/mol. The maximum absolute atomic E-state index is 11.0. The molecule has 0 aliphatic heterocycles. The van der Waals surface area contributed by atoms with E-state index in [4.69, 9.17) is 5.73 Å². The number of benzene rings is 1. The highest BCUT2D eigenvalue weighted by molar-refractivity contribution is 5.92. The second-order valence-electron chi connectivity index (χ2n) is 5.94. The molecule has 1 aromatic carbocycles. The highest BCUT2D eigenvalue weighted by atomic mass is 16.1. The normalized spacial score (nSPS) is 27.2.